The molecule has 0 fully saturated rings. The van der Waals surface area contributed by atoms with Gasteiger partial charge in [-0.2, -0.15) is 0 Å². The molecule has 1 N–H and O–H groups in total. The Morgan fingerprint density at radius 1 is 1.14 bits per heavy atom. The molecule has 0 unspecified atom stereocenters. The van der Waals surface area contributed by atoms with Gasteiger partial charge in [0, 0.05) is 22.7 Å². The van der Waals surface area contributed by atoms with Crippen LogP contribution in [0.4, 0.5) is 11.4 Å². The predicted octanol–water partition coefficient (Wildman–Crippen LogP) is 5.11. The Morgan fingerprint density at radius 2 is 1.95 bits per heavy atom. The number of methoxy groups -OCH3 is 1. The smallest absolute Gasteiger partial charge is 0.273 e. The summed E-state index contributed by atoms with van der Waals surface area (Å²) in [5.74, 6) is 0.786. The third-order valence-electron chi connectivity index (χ3n) is 6.67. The van der Waals surface area contributed by atoms with Crippen LogP contribution in [0.1, 0.15) is 23.6 Å². The summed E-state index contributed by atoms with van der Waals surface area (Å²) in [7, 11) is 1.42. The van der Waals surface area contributed by atoms with Gasteiger partial charge in [-0.05, 0) is 48.7 Å². The van der Waals surface area contributed by atoms with Gasteiger partial charge in [0.25, 0.3) is 17.2 Å². The van der Waals surface area contributed by atoms with Crippen LogP contribution in [0.2, 0.25) is 0 Å². The summed E-state index contributed by atoms with van der Waals surface area (Å²) in [5.41, 5.74) is 1.69. The molecule has 1 atom stereocenters. The maximum absolute atomic E-state index is 13.8. The first-order valence-electron chi connectivity index (χ1n) is 12.7. The number of nitrogens with one attached hydrogen (secondary N) is 1. The second-order valence-corrected chi connectivity index (χ2v) is 11.2. The lowest BCUT2D eigenvalue weighted by Gasteiger charge is -2.24. The molecule has 12 heteroatoms. The second kappa shape index (κ2) is 11.1. The lowest BCUT2D eigenvalue weighted by Crippen LogP contribution is -2.40. The molecular weight excluding hydrogens is 576 g/mol. The number of hydrogen-bond donors (Lipinski definition) is 1. The van der Waals surface area contributed by atoms with Crippen LogP contribution >= 0.6 is 22.7 Å². The number of carbonyl (C=O) groups is 1. The van der Waals surface area contributed by atoms with Crippen molar-refractivity contribution in [3.05, 3.63) is 130 Å². The van der Waals surface area contributed by atoms with Crippen molar-refractivity contribution in [2.45, 2.75) is 13.0 Å². The standard InChI is InChI=1S/C30H22N4O6S2/c1-17-26(28(35)32-18-7-4-3-5-8-18)27(24-9-6-14-41-24)33-29(36)25(42-30(33)31-17)16-20-11-13-22(40-20)21-12-10-19(34(37)38)15-23(21)39-2/h3-16,27H,1-2H3,(H,32,35)/b25-16-/t27-/m1/s1. The first-order chi connectivity index (χ1) is 20.3. The number of nitro benzene ring substituents is 1. The molecule has 4 heterocycles. The highest BCUT2D eigenvalue weighted by atomic mass is 32.1. The monoisotopic (exact) mass is 598 g/mol. The summed E-state index contributed by atoms with van der Waals surface area (Å²) in [4.78, 5) is 44.0. The Balaban J connectivity index is 1.40. The maximum atomic E-state index is 13.8. The summed E-state index contributed by atoms with van der Waals surface area (Å²) < 4.78 is 13.3. The van der Waals surface area contributed by atoms with Crippen molar-refractivity contribution in [2.75, 3.05) is 12.4 Å². The number of nitrogens with zero attached hydrogens (tertiary/aromatic N) is 3. The molecule has 0 saturated heterocycles. The van der Waals surface area contributed by atoms with Crippen molar-refractivity contribution < 1.29 is 18.9 Å². The van der Waals surface area contributed by atoms with Gasteiger partial charge in [-0.3, -0.25) is 24.3 Å². The quantitative estimate of drug-likeness (QED) is 0.205. The summed E-state index contributed by atoms with van der Waals surface area (Å²) >= 11 is 2.66. The zero-order valence-electron chi connectivity index (χ0n) is 22.3. The molecular formula is C30H22N4O6S2. The third-order valence-corrected chi connectivity index (χ3v) is 8.58. The molecule has 0 spiro atoms. The minimum Gasteiger partial charge on any atom is -0.496 e. The van der Waals surface area contributed by atoms with Gasteiger partial charge in [-0.1, -0.05) is 35.6 Å². The van der Waals surface area contributed by atoms with E-state index in [4.69, 9.17) is 9.15 Å². The molecule has 3 aromatic heterocycles. The number of furan rings is 1. The van der Waals surface area contributed by atoms with E-state index in [1.165, 1.54) is 41.9 Å². The van der Waals surface area contributed by atoms with E-state index >= 15 is 0 Å². The summed E-state index contributed by atoms with van der Waals surface area (Å²) in [5, 5.41) is 16.0. The van der Waals surface area contributed by atoms with Crippen molar-refractivity contribution in [1.82, 2.24) is 4.57 Å². The number of fused-ring (bicyclic) bond motifs is 1. The molecule has 0 aliphatic carbocycles. The van der Waals surface area contributed by atoms with Crippen LogP contribution < -0.4 is 24.9 Å². The van der Waals surface area contributed by atoms with Crippen molar-refractivity contribution in [1.29, 1.82) is 0 Å². The van der Waals surface area contributed by atoms with Crippen LogP contribution in [0.3, 0.4) is 0 Å². The third kappa shape index (κ3) is 4.97. The van der Waals surface area contributed by atoms with Gasteiger partial charge in [0.05, 0.1) is 39.5 Å². The average Bonchev–Trinajstić information content (AvgIpc) is 3.74. The molecule has 1 aliphatic rings. The number of ether oxygens (including phenoxy) is 1. The Bertz CT molecular complexity index is 2040. The number of benzene rings is 2. The van der Waals surface area contributed by atoms with E-state index in [1.54, 1.807) is 47.9 Å². The van der Waals surface area contributed by atoms with E-state index in [0.717, 1.165) is 4.88 Å². The molecule has 210 valence electrons. The number of hydrogen-bond acceptors (Lipinski definition) is 9. The highest BCUT2D eigenvalue weighted by Crippen LogP contribution is 2.35. The van der Waals surface area contributed by atoms with E-state index in [-0.39, 0.29) is 22.9 Å². The van der Waals surface area contributed by atoms with E-state index in [1.807, 2.05) is 35.7 Å². The first-order valence-corrected chi connectivity index (χ1v) is 14.4. The number of rotatable bonds is 7. The Morgan fingerprint density at radius 3 is 2.67 bits per heavy atom. The number of non-ortho nitro benzene ring substituents is 1. The van der Waals surface area contributed by atoms with Crippen LogP contribution in [-0.4, -0.2) is 22.5 Å². The van der Waals surface area contributed by atoms with Crippen molar-refractivity contribution in [3.63, 3.8) is 0 Å². The summed E-state index contributed by atoms with van der Waals surface area (Å²) in [6.07, 6.45) is 1.62. The van der Waals surface area contributed by atoms with Crippen LogP contribution in [0, 0.1) is 10.1 Å². The van der Waals surface area contributed by atoms with Gasteiger partial charge >= 0.3 is 0 Å². The largest absolute Gasteiger partial charge is 0.496 e. The van der Waals surface area contributed by atoms with Gasteiger partial charge in [0.15, 0.2) is 4.80 Å². The molecule has 1 amide bonds. The molecule has 0 saturated carbocycles. The van der Waals surface area contributed by atoms with E-state index in [2.05, 4.69) is 10.3 Å². The summed E-state index contributed by atoms with van der Waals surface area (Å²) in [6.45, 7) is 1.77. The molecule has 0 bridgehead atoms. The van der Waals surface area contributed by atoms with E-state index in [0.29, 0.717) is 43.4 Å². The molecule has 6 rings (SSSR count). The fourth-order valence-corrected chi connectivity index (χ4v) is 6.60. The number of para-hydroxylation sites is 1. The lowest BCUT2D eigenvalue weighted by atomic mass is 10.0. The van der Waals surface area contributed by atoms with Crippen molar-refractivity contribution in [2.24, 2.45) is 4.99 Å². The molecule has 42 heavy (non-hydrogen) atoms. The minimum atomic E-state index is -0.649. The summed E-state index contributed by atoms with van der Waals surface area (Å²) in [6, 6.07) is 19.9. The normalized spacial score (nSPS) is 14.8. The van der Waals surface area contributed by atoms with Gasteiger partial charge in [-0.15, -0.1) is 11.3 Å². The predicted molar refractivity (Wildman–Crippen MR) is 161 cm³/mol. The topological polar surface area (TPSA) is 129 Å². The molecule has 1 aliphatic heterocycles. The number of allylic oxidation sites excluding steroid dienone is 1. The van der Waals surface area contributed by atoms with Gasteiger partial charge in [-0.25, -0.2) is 4.99 Å². The minimum absolute atomic E-state index is 0.101. The Labute approximate surface area is 246 Å². The van der Waals surface area contributed by atoms with Crippen molar-refractivity contribution >= 4 is 46.0 Å². The number of aromatic nitrogens is 1. The van der Waals surface area contributed by atoms with Gasteiger partial charge in [0.1, 0.15) is 23.3 Å². The number of nitro groups is 1. The van der Waals surface area contributed by atoms with Gasteiger partial charge in [0.2, 0.25) is 0 Å². The molecule has 10 nitrogen and oxygen atoms in total. The number of carbonyl (C=O) groups excluding carboxylic acids is 1. The lowest BCUT2D eigenvalue weighted by molar-refractivity contribution is -0.384. The molecule has 2 aromatic carbocycles. The first kappa shape index (κ1) is 27.1. The average molecular weight is 599 g/mol. The number of thiazole rings is 1. The second-order valence-electron chi connectivity index (χ2n) is 9.26. The number of amides is 1. The number of anilines is 1. The van der Waals surface area contributed by atoms with Gasteiger partial charge < -0.3 is 14.5 Å². The number of thiophene rings is 1. The fourth-order valence-electron chi connectivity index (χ4n) is 4.75. The Kier molecular flexibility index (Phi) is 7.15. The van der Waals surface area contributed by atoms with Crippen LogP contribution in [-0.2, 0) is 4.79 Å². The highest BCUT2D eigenvalue weighted by Gasteiger charge is 2.33. The van der Waals surface area contributed by atoms with Crippen LogP contribution in [0.25, 0.3) is 17.4 Å². The zero-order valence-corrected chi connectivity index (χ0v) is 23.9. The zero-order chi connectivity index (χ0) is 29.4. The Hall–Kier alpha value is -5.07. The van der Waals surface area contributed by atoms with E-state index < -0.39 is 11.0 Å². The molecule has 5 aromatic rings. The SMILES string of the molecule is COc1cc([N+](=O)[O-])ccc1-c1ccc(/C=c2\sc3n(c2=O)[C@H](c2cccs2)C(C(=O)Nc2ccccc2)=C(C)N=3)o1. The van der Waals surface area contributed by atoms with Crippen LogP contribution in [0.5, 0.6) is 5.75 Å². The van der Waals surface area contributed by atoms with Crippen molar-refractivity contribution in [3.8, 4) is 17.1 Å². The fraction of sp³-hybridized carbons (Fsp3) is 0.100. The maximum Gasteiger partial charge on any atom is 0.273 e. The van der Waals surface area contributed by atoms with E-state index in [9.17, 15) is 19.7 Å². The molecule has 0 radical (unpaired) electrons. The van der Waals surface area contributed by atoms with Crippen LogP contribution in [0.15, 0.2) is 104 Å². The highest BCUT2D eigenvalue weighted by molar-refractivity contribution is 7.10.